The Morgan fingerprint density at radius 1 is 0.288 bits per heavy atom. The van der Waals surface area contributed by atoms with Gasteiger partial charge in [0.25, 0.3) is 0 Å². The summed E-state index contributed by atoms with van der Waals surface area (Å²) in [6.45, 7) is 0. The van der Waals surface area contributed by atoms with Crippen molar-refractivity contribution in [1.82, 2.24) is 29.9 Å². The zero-order chi connectivity index (χ0) is 38.9. The summed E-state index contributed by atoms with van der Waals surface area (Å²) in [6.07, 6.45) is 0. The Kier molecular flexibility index (Phi) is 7.53. The SMILES string of the molecule is c1ccc(-c2nc(-c3ccccc3)nc(-c3ccc4c(c3)C3c5ccccc5C4c4cc(-c5nc(-c6ccccc6)nc(-c6cc7ccccc7o6)n5)ccc43)n2)cc1. The lowest BCUT2D eigenvalue weighted by molar-refractivity contribution is 0.625. The molecule has 13 rings (SSSR count). The molecule has 7 nitrogen and oxygen atoms in total. The number of hydrogen-bond donors (Lipinski definition) is 0. The van der Waals surface area contributed by atoms with Crippen molar-refractivity contribution in [3.8, 4) is 68.5 Å². The Hall–Kier alpha value is -7.90. The number of aromatic nitrogens is 6. The first-order valence-electron chi connectivity index (χ1n) is 19.8. The number of rotatable bonds is 6. The summed E-state index contributed by atoms with van der Waals surface area (Å²) >= 11 is 0. The van der Waals surface area contributed by atoms with Crippen molar-refractivity contribution in [1.29, 1.82) is 0 Å². The van der Waals surface area contributed by atoms with Gasteiger partial charge < -0.3 is 4.42 Å². The van der Waals surface area contributed by atoms with Crippen molar-refractivity contribution in [3.05, 3.63) is 215 Å². The van der Waals surface area contributed by atoms with Crippen molar-refractivity contribution < 1.29 is 4.42 Å². The number of benzene rings is 7. The summed E-state index contributed by atoms with van der Waals surface area (Å²) in [7, 11) is 0. The van der Waals surface area contributed by atoms with Gasteiger partial charge >= 0.3 is 0 Å². The molecule has 2 bridgehead atoms. The molecule has 3 heterocycles. The highest BCUT2D eigenvalue weighted by Gasteiger charge is 2.41. The maximum atomic E-state index is 6.28. The van der Waals surface area contributed by atoms with Crippen LogP contribution in [0, 0.1) is 0 Å². The van der Waals surface area contributed by atoms with E-state index in [0.717, 1.165) is 38.8 Å². The molecule has 0 N–H and O–H groups in total. The lowest BCUT2D eigenvalue weighted by Gasteiger charge is -2.42. The van der Waals surface area contributed by atoms with E-state index < -0.39 is 0 Å². The molecular weight excluding hydrogens is 725 g/mol. The minimum atomic E-state index is 0.0265. The molecule has 7 aromatic carbocycles. The van der Waals surface area contributed by atoms with Gasteiger partial charge in [-0.25, -0.2) is 29.9 Å². The minimum absolute atomic E-state index is 0.0265. The Bertz CT molecular complexity index is 3150. The number of nitrogens with zero attached hydrogens (tertiary/aromatic N) is 6. The molecular formula is C52H32N6O. The summed E-state index contributed by atoms with van der Waals surface area (Å²) in [4.78, 5) is 30.1. The third-order valence-corrected chi connectivity index (χ3v) is 11.6. The van der Waals surface area contributed by atoms with Crippen LogP contribution < -0.4 is 0 Å². The number of fused-ring (bicyclic) bond motifs is 1. The van der Waals surface area contributed by atoms with Crippen LogP contribution >= 0.6 is 0 Å². The van der Waals surface area contributed by atoms with Crippen LogP contribution in [-0.4, -0.2) is 29.9 Å². The average Bonchev–Trinajstić information content (AvgIpc) is 3.76. The zero-order valence-electron chi connectivity index (χ0n) is 31.6. The lowest BCUT2D eigenvalue weighted by atomic mass is 9.61. The normalized spacial score (nSPS) is 14.8. The fourth-order valence-corrected chi connectivity index (χ4v) is 8.86. The van der Waals surface area contributed by atoms with Crippen molar-refractivity contribution in [2.24, 2.45) is 0 Å². The van der Waals surface area contributed by atoms with Crippen LogP contribution in [0.15, 0.2) is 186 Å². The van der Waals surface area contributed by atoms with E-state index in [9.17, 15) is 0 Å². The first-order valence-corrected chi connectivity index (χ1v) is 19.8. The summed E-state index contributed by atoms with van der Waals surface area (Å²) < 4.78 is 6.28. The van der Waals surface area contributed by atoms with Gasteiger partial charge in [-0.2, -0.15) is 0 Å². The number of furan rings is 1. The molecule has 2 atom stereocenters. The Morgan fingerprint density at radius 3 is 1.12 bits per heavy atom. The van der Waals surface area contributed by atoms with E-state index in [1.165, 1.54) is 33.4 Å². The van der Waals surface area contributed by atoms with Crippen LogP contribution in [0.3, 0.4) is 0 Å². The van der Waals surface area contributed by atoms with Crippen LogP contribution in [0.25, 0.3) is 79.5 Å². The van der Waals surface area contributed by atoms with Crippen molar-refractivity contribution in [3.63, 3.8) is 0 Å². The summed E-state index contributed by atoms with van der Waals surface area (Å²) in [5.41, 5.74) is 13.2. The van der Waals surface area contributed by atoms with Crippen LogP contribution in [0.5, 0.6) is 0 Å². The van der Waals surface area contributed by atoms with Crippen LogP contribution in [0.1, 0.15) is 45.2 Å². The van der Waals surface area contributed by atoms with Crippen LogP contribution in [-0.2, 0) is 0 Å². The molecule has 3 aliphatic rings. The van der Waals surface area contributed by atoms with Crippen molar-refractivity contribution >= 4 is 11.0 Å². The highest BCUT2D eigenvalue weighted by molar-refractivity contribution is 5.82. The zero-order valence-corrected chi connectivity index (χ0v) is 31.6. The van der Waals surface area contributed by atoms with Crippen LogP contribution in [0.4, 0.5) is 0 Å². The van der Waals surface area contributed by atoms with Crippen LogP contribution in [0.2, 0.25) is 0 Å². The quantitative estimate of drug-likeness (QED) is 0.167. The van der Waals surface area contributed by atoms with Gasteiger partial charge in [-0.1, -0.05) is 158 Å². The lowest BCUT2D eigenvalue weighted by Crippen LogP contribution is -2.27. The monoisotopic (exact) mass is 756 g/mol. The molecule has 0 amide bonds. The van der Waals surface area contributed by atoms with E-state index >= 15 is 0 Å². The first kappa shape index (κ1) is 33.3. The second-order valence-corrected chi connectivity index (χ2v) is 15.0. The molecule has 0 fully saturated rings. The molecule has 0 radical (unpaired) electrons. The molecule has 7 heteroatoms. The van der Waals surface area contributed by atoms with E-state index in [2.05, 4.69) is 60.7 Å². The molecule has 276 valence electrons. The smallest absolute Gasteiger partial charge is 0.199 e. The number of hydrogen-bond acceptors (Lipinski definition) is 7. The molecule has 10 aromatic rings. The average molecular weight is 757 g/mol. The van der Waals surface area contributed by atoms with Gasteiger partial charge in [-0.15, -0.1) is 0 Å². The molecule has 59 heavy (non-hydrogen) atoms. The molecule has 3 aliphatic carbocycles. The summed E-state index contributed by atoms with van der Waals surface area (Å²) in [5, 5.41) is 1.000. The Morgan fingerprint density at radius 2 is 0.661 bits per heavy atom. The van der Waals surface area contributed by atoms with Gasteiger partial charge in [-0.3, -0.25) is 0 Å². The predicted octanol–water partition coefficient (Wildman–Crippen LogP) is 11.8. The van der Waals surface area contributed by atoms with Gasteiger partial charge in [0, 0.05) is 45.0 Å². The third kappa shape index (κ3) is 5.58. The minimum Gasteiger partial charge on any atom is -0.453 e. The maximum Gasteiger partial charge on any atom is 0.199 e. The topological polar surface area (TPSA) is 90.5 Å². The largest absolute Gasteiger partial charge is 0.453 e. The maximum absolute atomic E-state index is 6.28. The summed E-state index contributed by atoms with van der Waals surface area (Å²) in [5.74, 6) is 4.29. The van der Waals surface area contributed by atoms with E-state index in [-0.39, 0.29) is 11.8 Å². The van der Waals surface area contributed by atoms with E-state index in [4.69, 9.17) is 34.3 Å². The van der Waals surface area contributed by atoms with E-state index in [1.807, 2.05) is 121 Å². The fourth-order valence-electron chi connectivity index (χ4n) is 8.86. The standard InChI is InChI=1S/C52H32N6O/c1-4-14-31(15-5-1)47-53-48(32-16-6-2-7-17-32)55-50(54-47)35-24-26-39-41(28-35)45-37-21-11-12-22-38(37)46(39)42-29-36(25-27-40(42)45)51-56-49(33-18-8-3-9-19-33)57-52(58-51)44-30-34-20-10-13-23-43(34)59-44/h1-30,45-46H. The van der Waals surface area contributed by atoms with Crippen molar-refractivity contribution in [2.75, 3.05) is 0 Å². The van der Waals surface area contributed by atoms with Crippen molar-refractivity contribution in [2.45, 2.75) is 11.8 Å². The molecule has 0 aliphatic heterocycles. The number of para-hydroxylation sites is 1. The van der Waals surface area contributed by atoms with Gasteiger partial charge in [0.05, 0.1) is 0 Å². The first-order chi connectivity index (χ1) is 29.2. The van der Waals surface area contributed by atoms with Gasteiger partial charge in [0.1, 0.15) is 5.58 Å². The fraction of sp³-hybridized carbons (Fsp3) is 0.0385. The van der Waals surface area contributed by atoms with E-state index in [1.54, 1.807) is 0 Å². The second kappa shape index (κ2) is 13.4. The van der Waals surface area contributed by atoms with Gasteiger partial charge in [-0.05, 0) is 57.6 Å². The van der Waals surface area contributed by atoms with Gasteiger partial charge in [0.15, 0.2) is 40.7 Å². The Labute approximate surface area is 339 Å². The summed E-state index contributed by atoms with van der Waals surface area (Å²) in [6, 6.07) is 62.6. The van der Waals surface area contributed by atoms with E-state index in [0.29, 0.717) is 40.7 Å². The van der Waals surface area contributed by atoms with Gasteiger partial charge in [0.2, 0.25) is 0 Å². The third-order valence-electron chi connectivity index (χ3n) is 11.6. The predicted molar refractivity (Wildman–Crippen MR) is 230 cm³/mol. The molecule has 3 aromatic heterocycles. The highest BCUT2D eigenvalue weighted by Crippen LogP contribution is 2.56. The Balaban J connectivity index is 0.991. The molecule has 2 unspecified atom stereocenters. The molecule has 0 saturated carbocycles. The highest BCUT2D eigenvalue weighted by atomic mass is 16.3. The second-order valence-electron chi connectivity index (χ2n) is 15.0. The molecule has 0 spiro atoms. The molecule has 0 saturated heterocycles.